The first-order valence-electron chi connectivity index (χ1n) is 6.96. The van der Waals surface area contributed by atoms with E-state index in [9.17, 15) is 22.0 Å². The van der Waals surface area contributed by atoms with Crippen LogP contribution in [0.5, 0.6) is 0 Å². The smallest absolute Gasteiger partial charge is 0.254 e. The van der Waals surface area contributed by atoms with Crippen LogP contribution in [0.2, 0.25) is 0 Å². The number of rotatable bonds is 5. The molecular weight excluding hydrogens is 338 g/mol. The molecule has 1 amide bonds. The molecule has 1 N–H and O–H groups in total. The number of halogens is 2. The highest BCUT2D eigenvalue weighted by Gasteiger charge is 2.21. The maximum Gasteiger partial charge on any atom is 0.254 e. The lowest BCUT2D eigenvalue weighted by Gasteiger charge is -2.13. The highest BCUT2D eigenvalue weighted by molar-refractivity contribution is 7.89. The van der Waals surface area contributed by atoms with Crippen molar-refractivity contribution in [3.05, 3.63) is 65.2 Å². The van der Waals surface area contributed by atoms with E-state index in [1.165, 1.54) is 38.4 Å². The highest BCUT2D eigenvalue weighted by atomic mass is 32.2. The molecule has 0 fully saturated rings. The van der Waals surface area contributed by atoms with E-state index in [0.717, 1.165) is 22.5 Å². The van der Waals surface area contributed by atoms with E-state index >= 15 is 0 Å². The molecule has 24 heavy (non-hydrogen) atoms. The Morgan fingerprint density at radius 1 is 1.08 bits per heavy atom. The second kappa shape index (κ2) is 7.06. The Morgan fingerprint density at radius 3 is 2.29 bits per heavy atom. The van der Waals surface area contributed by atoms with Gasteiger partial charge in [-0.3, -0.25) is 4.79 Å². The highest BCUT2D eigenvalue weighted by Crippen LogP contribution is 2.18. The third kappa shape index (κ3) is 3.95. The van der Waals surface area contributed by atoms with Gasteiger partial charge in [0.05, 0.1) is 10.5 Å². The lowest BCUT2D eigenvalue weighted by molar-refractivity contribution is 0.0946. The molecule has 128 valence electrons. The van der Waals surface area contributed by atoms with Crippen LogP contribution in [-0.4, -0.2) is 32.7 Å². The van der Waals surface area contributed by atoms with E-state index < -0.39 is 27.6 Å². The first-order valence-corrected chi connectivity index (χ1v) is 8.40. The van der Waals surface area contributed by atoms with Crippen LogP contribution in [0.1, 0.15) is 15.9 Å². The van der Waals surface area contributed by atoms with Crippen molar-refractivity contribution >= 4 is 15.9 Å². The van der Waals surface area contributed by atoms with Crippen molar-refractivity contribution in [1.82, 2.24) is 9.62 Å². The molecule has 0 radical (unpaired) electrons. The van der Waals surface area contributed by atoms with E-state index in [1.807, 2.05) is 0 Å². The molecule has 5 nitrogen and oxygen atoms in total. The van der Waals surface area contributed by atoms with Crippen LogP contribution in [0.4, 0.5) is 8.78 Å². The Morgan fingerprint density at radius 2 is 1.71 bits per heavy atom. The summed E-state index contributed by atoms with van der Waals surface area (Å²) >= 11 is 0. The van der Waals surface area contributed by atoms with Gasteiger partial charge in [0.25, 0.3) is 5.91 Å². The van der Waals surface area contributed by atoms with E-state index in [2.05, 4.69) is 5.32 Å². The summed E-state index contributed by atoms with van der Waals surface area (Å²) in [6.07, 6.45) is 0. The lowest BCUT2D eigenvalue weighted by Crippen LogP contribution is -2.26. The minimum atomic E-state index is -3.78. The standard InChI is InChI=1S/C16H16F2N2O3S/c1-20(2)24(22,23)13-7-8-15(18)14(9-13)16(21)19-10-11-3-5-12(17)6-4-11/h3-9H,10H2,1-2H3,(H,19,21). The molecule has 0 bridgehead atoms. The fraction of sp³-hybridized carbons (Fsp3) is 0.188. The molecule has 0 atom stereocenters. The van der Waals surface area contributed by atoms with Crippen molar-refractivity contribution in [2.75, 3.05) is 14.1 Å². The molecule has 2 rings (SSSR count). The normalized spacial score (nSPS) is 11.5. The van der Waals surface area contributed by atoms with Gasteiger partial charge < -0.3 is 5.32 Å². The second-order valence-corrected chi connectivity index (χ2v) is 7.39. The zero-order chi connectivity index (χ0) is 17.9. The molecular formula is C16H16F2N2O3S. The number of nitrogens with zero attached hydrogens (tertiary/aromatic N) is 1. The number of sulfonamides is 1. The third-order valence-electron chi connectivity index (χ3n) is 3.33. The Balaban J connectivity index is 2.21. The van der Waals surface area contributed by atoms with Crippen LogP contribution in [0.25, 0.3) is 0 Å². The Bertz CT molecular complexity index is 850. The van der Waals surface area contributed by atoms with Gasteiger partial charge in [0.1, 0.15) is 11.6 Å². The van der Waals surface area contributed by atoms with Crippen molar-refractivity contribution in [2.45, 2.75) is 11.4 Å². The van der Waals surface area contributed by atoms with Crippen molar-refractivity contribution in [1.29, 1.82) is 0 Å². The van der Waals surface area contributed by atoms with Gasteiger partial charge in [0.15, 0.2) is 0 Å². The minimum absolute atomic E-state index is 0.0587. The van der Waals surface area contributed by atoms with Gasteiger partial charge in [0.2, 0.25) is 10.0 Å². The summed E-state index contributed by atoms with van der Waals surface area (Å²) in [5, 5.41) is 2.47. The molecule has 2 aromatic rings. The summed E-state index contributed by atoms with van der Waals surface area (Å²) in [6, 6.07) is 8.48. The van der Waals surface area contributed by atoms with Crippen molar-refractivity contribution in [3.63, 3.8) is 0 Å². The van der Waals surface area contributed by atoms with E-state index in [-0.39, 0.29) is 17.0 Å². The van der Waals surface area contributed by atoms with Gasteiger partial charge in [-0.1, -0.05) is 12.1 Å². The predicted octanol–water partition coefficient (Wildman–Crippen LogP) is 2.15. The fourth-order valence-corrected chi connectivity index (χ4v) is 2.86. The Kier molecular flexibility index (Phi) is 5.30. The predicted molar refractivity (Wildman–Crippen MR) is 84.8 cm³/mol. The maximum absolute atomic E-state index is 13.9. The van der Waals surface area contributed by atoms with Gasteiger partial charge in [-0.15, -0.1) is 0 Å². The fourth-order valence-electron chi connectivity index (χ4n) is 1.93. The number of amides is 1. The van der Waals surface area contributed by atoms with E-state index in [0.29, 0.717) is 5.56 Å². The molecule has 0 heterocycles. The average molecular weight is 354 g/mol. The third-order valence-corrected chi connectivity index (χ3v) is 5.14. The van der Waals surface area contributed by atoms with Crippen molar-refractivity contribution < 1.29 is 22.0 Å². The largest absolute Gasteiger partial charge is 0.348 e. The van der Waals surface area contributed by atoms with Crippen LogP contribution in [0, 0.1) is 11.6 Å². The molecule has 0 aliphatic heterocycles. The number of hydrogen-bond acceptors (Lipinski definition) is 3. The average Bonchev–Trinajstić information content (AvgIpc) is 2.54. The zero-order valence-electron chi connectivity index (χ0n) is 13.1. The minimum Gasteiger partial charge on any atom is -0.348 e. The van der Waals surface area contributed by atoms with Crippen molar-refractivity contribution in [2.24, 2.45) is 0 Å². The topological polar surface area (TPSA) is 66.5 Å². The lowest BCUT2D eigenvalue weighted by atomic mass is 10.2. The molecule has 0 spiro atoms. The molecule has 0 saturated heterocycles. The monoisotopic (exact) mass is 354 g/mol. The first-order chi connectivity index (χ1) is 11.2. The van der Waals surface area contributed by atoms with Crippen LogP contribution in [0.15, 0.2) is 47.4 Å². The summed E-state index contributed by atoms with van der Waals surface area (Å²) in [5.41, 5.74) is 0.252. The molecule has 2 aromatic carbocycles. The summed E-state index contributed by atoms with van der Waals surface area (Å²) in [7, 11) is -1.10. The summed E-state index contributed by atoms with van der Waals surface area (Å²) in [6.45, 7) is 0.0587. The van der Waals surface area contributed by atoms with E-state index in [1.54, 1.807) is 0 Å². The van der Waals surface area contributed by atoms with Gasteiger partial charge in [-0.25, -0.2) is 21.5 Å². The first kappa shape index (κ1) is 18.0. The maximum atomic E-state index is 13.9. The summed E-state index contributed by atoms with van der Waals surface area (Å²) < 4.78 is 51.8. The van der Waals surface area contributed by atoms with Gasteiger partial charge in [0, 0.05) is 20.6 Å². The molecule has 0 aliphatic rings. The Hall–Kier alpha value is -2.32. The number of carbonyl (C=O) groups excluding carboxylic acids is 1. The number of carbonyl (C=O) groups is 1. The number of nitrogens with one attached hydrogen (secondary N) is 1. The van der Waals surface area contributed by atoms with Crippen LogP contribution in [0.3, 0.4) is 0 Å². The zero-order valence-corrected chi connectivity index (χ0v) is 13.9. The molecule has 0 aromatic heterocycles. The van der Waals surface area contributed by atoms with Crippen LogP contribution < -0.4 is 5.32 Å². The van der Waals surface area contributed by atoms with E-state index in [4.69, 9.17) is 0 Å². The second-order valence-electron chi connectivity index (χ2n) is 5.24. The molecule has 0 aliphatic carbocycles. The van der Waals surface area contributed by atoms with Gasteiger partial charge in [-0.2, -0.15) is 0 Å². The summed E-state index contributed by atoms with van der Waals surface area (Å²) in [4.78, 5) is 11.9. The Labute approximate surface area is 139 Å². The number of hydrogen-bond donors (Lipinski definition) is 1. The SMILES string of the molecule is CN(C)S(=O)(=O)c1ccc(F)c(C(=O)NCc2ccc(F)cc2)c1. The molecule has 0 saturated carbocycles. The van der Waals surface area contributed by atoms with Gasteiger partial charge in [-0.05, 0) is 35.9 Å². The van der Waals surface area contributed by atoms with Gasteiger partial charge >= 0.3 is 0 Å². The molecule has 0 unspecified atom stereocenters. The quantitative estimate of drug-likeness (QED) is 0.895. The van der Waals surface area contributed by atoms with Crippen molar-refractivity contribution in [3.8, 4) is 0 Å². The number of benzene rings is 2. The van der Waals surface area contributed by atoms with Crippen LogP contribution in [-0.2, 0) is 16.6 Å². The molecule has 8 heteroatoms. The van der Waals surface area contributed by atoms with Crippen LogP contribution >= 0.6 is 0 Å². The summed E-state index contributed by atoms with van der Waals surface area (Å²) in [5.74, 6) is -1.99.